The van der Waals surface area contributed by atoms with Crippen molar-refractivity contribution in [3.8, 4) is 0 Å². The number of nitrogens with two attached hydrogens (primary N) is 1. The Kier molecular flexibility index (Phi) is 5.04. The summed E-state index contributed by atoms with van der Waals surface area (Å²) < 4.78 is 29.9. The molecule has 1 saturated heterocycles. The lowest BCUT2D eigenvalue weighted by Crippen LogP contribution is -2.49. The lowest BCUT2D eigenvalue weighted by molar-refractivity contribution is 0.259. The molecule has 1 aliphatic rings. The van der Waals surface area contributed by atoms with E-state index in [9.17, 15) is 8.42 Å². The highest BCUT2D eigenvalue weighted by Crippen LogP contribution is 2.23. The average Bonchev–Trinajstić information content (AvgIpc) is 2.41. The SMILES string of the molecule is NCC1CCCCN1S(=O)(=O)Nc1ccccc1I. The van der Waals surface area contributed by atoms with E-state index in [0.717, 1.165) is 22.8 Å². The molecule has 106 valence electrons. The second-order valence-electron chi connectivity index (χ2n) is 4.58. The van der Waals surface area contributed by atoms with Crippen LogP contribution in [0.3, 0.4) is 0 Å². The van der Waals surface area contributed by atoms with Crippen molar-refractivity contribution >= 4 is 38.5 Å². The summed E-state index contributed by atoms with van der Waals surface area (Å²) in [6, 6.07) is 7.24. The third-order valence-electron chi connectivity index (χ3n) is 3.27. The first-order valence-electron chi connectivity index (χ1n) is 6.29. The van der Waals surface area contributed by atoms with Crippen LogP contribution in [0.2, 0.25) is 0 Å². The maximum atomic E-state index is 12.4. The van der Waals surface area contributed by atoms with Crippen LogP contribution in [-0.4, -0.2) is 31.9 Å². The summed E-state index contributed by atoms with van der Waals surface area (Å²) in [7, 11) is -3.52. The smallest absolute Gasteiger partial charge is 0.301 e. The summed E-state index contributed by atoms with van der Waals surface area (Å²) in [5.41, 5.74) is 6.29. The second kappa shape index (κ2) is 6.38. The maximum absolute atomic E-state index is 12.4. The molecule has 1 aliphatic heterocycles. The number of halogens is 1. The molecule has 1 fully saturated rings. The molecular weight excluding hydrogens is 377 g/mol. The largest absolute Gasteiger partial charge is 0.329 e. The third kappa shape index (κ3) is 3.59. The zero-order chi connectivity index (χ0) is 13.9. The molecule has 0 amide bonds. The van der Waals surface area contributed by atoms with Gasteiger partial charge < -0.3 is 5.73 Å². The molecule has 1 aromatic rings. The fourth-order valence-corrected chi connectivity index (χ4v) is 4.50. The van der Waals surface area contributed by atoms with Gasteiger partial charge in [0.25, 0.3) is 0 Å². The zero-order valence-electron chi connectivity index (χ0n) is 10.5. The van der Waals surface area contributed by atoms with Crippen LogP contribution in [0, 0.1) is 3.57 Å². The minimum atomic E-state index is -3.52. The Bertz CT molecular complexity index is 536. The number of nitrogens with one attached hydrogen (secondary N) is 1. The monoisotopic (exact) mass is 395 g/mol. The Labute approximate surface area is 127 Å². The molecule has 1 heterocycles. The highest BCUT2D eigenvalue weighted by atomic mass is 127. The van der Waals surface area contributed by atoms with Gasteiger partial charge in [0, 0.05) is 22.7 Å². The first-order chi connectivity index (χ1) is 9.04. The van der Waals surface area contributed by atoms with Gasteiger partial charge >= 0.3 is 10.2 Å². The number of benzene rings is 1. The van der Waals surface area contributed by atoms with Crippen molar-refractivity contribution in [1.82, 2.24) is 4.31 Å². The van der Waals surface area contributed by atoms with Gasteiger partial charge in [-0.2, -0.15) is 12.7 Å². The summed E-state index contributed by atoms with van der Waals surface area (Å²) in [5, 5.41) is 0. The number of anilines is 1. The molecule has 0 bridgehead atoms. The molecule has 0 aromatic heterocycles. The lowest BCUT2D eigenvalue weighted by atomic mass is 10.1. The molecule has 0 spiro atoms. The van der Waals surface area contributed by atoms with Crippen molar-refractivity contribution in [2.24, 2.45) is 5.73 Å². The highest BCUT2D eigenvalue weighted by molar-refractivity contribution is 14.1. The highest BCUT2D eigenvalue weighted by Gasteiger charge is 2.31. The van der Waals surface area contributed by atoms with Crippen molar-refractivity contribution in [2.45, 2.75) is 25.3 Å². The van der Waals surface area contributed by atoms with Gasteiger partial charge in [-0.25, -0.2) is 0 Å². The number of nitrogens with zero attached hydrogens (tertiary/aromatic N) is 1. The zero-order valence-corrected chi connectivity index (χ0v) is 13.5. The number of para-hydroxylation sites is 1. The van der Waals surface area contributed by atoms with Gasteiger partial charge in [-0.15, -0.1) is 0 Å². The fourth-order valence-electron chi connectivity index (χ4n) is 2.27. The molecule has 5 nitrogen and oxygen atoms in total. The van der Waals surface area contributed by atoms with Crippen LogP contribution in [0.1, 0.15) is 19.3 Å². The van der Waals surface area contributed by atoms with Crippen LogP contribution in [0.15, 0.2) is 24.3 Å². The fraction of sp³-hybridized carbons (Fsp3) is 0.500. The summed E-state index contributed by atoms with van der Waals surface area (Å²) in [6.07, 6.45) is 2.77. The van der Waals surface area contributed by atoms with Gasteiger partial charge in [0.05, 0.1) is 5.69 Å². The molecule has 0 radical (unpaired) electrons. The molecule has 1 atom stereocenters. The van der Waals surface area contributed by atoms with E-state index >= 15 is 0 Å². The van der Waals surface area contributed by atoms with Gasteiger partial charge in [0.2, 0.25) is 0 Å². The Hall–Kier alpha value is -0.380. The maximum Gasteiger partial charge on any atom is 0.301 e. The standard InChI is InChI=1S/C12H18IN3O2S/c13-11-6-1-2-7-12(11)15-19(17,18)16-8-4-3-5-10(16)9-14/h1-2,6-7,10,15H,3-5,8-9,14H2. The van der Waals surface area contributed by atoms with Crippen LogP contribution in [0.4, 0.5) is 5.69 Å². The minimum absolute atomic E-state index is 0.0902. The number of rotatable bonds is 4. The van der Waals surface area contributed by atoms with E-state index in [1.165, 1.54) is 4.31 Å². The van der Waals surface area contributed by atoms with Gasteiger partial charge in [0.15, 0.2) is 0 Å². The number of hydrogen-bond donors (Lipinski definition) is 2. The second-order valence-corrected chi connectivity index (χ2v) is 7.37. The molecule has 0 saturated carbocycles. The summed E-state index contributed by atoms with van der Waals surface area (Å²) >= 11 is 2.12. The minimum Gasteiger partial charge on any atom is -0.329 e. The Balaban J connectivity index is 2.20. The van der Waals surface area contributed by atoms with Crippen LogP contribution < -0.4 is 10.5 Å². The van der Waals surface area contributed by atoms with Gasteiger partial charge in [-0.1, -0.05) is 18.6 Å². The molecular formula is C12H18IN3O2S. The van der Waals surface area contributed by atoms with Gasteiger partial charge in [-0.05, 0) is 47.6 Å². The van der Waals surface area contributed by atoms with Gasteiger partial charge in [-0.3, -0.25) is 4.72 Å². The predicted molar refractivity (Wildman–Crippen MR) is 85.1 cm³/mol. The molecule has 3 N–H and O–H groups in total. The number of piperidine rings is 1. The van der Waals surface area contributed by atoms with Crippen LogP contribution in [0.25, 0.3) is 0 Å². The first kappa shape index (κ1) is 15.0. The molecule has 7 heteroatoms. The topological polar surface area (TPSA) is 75.4 Å². The number of hydrogen-bond acceptors (Lipinski definition) is 3. The quantitative estimate of drug-likeness (QED) is 0.763. The molecule has 1 aromatic carbocycles. The van der Waals surface area contributed by atoms with E-state index < -0.39 is 10.2 Å². The molecule has 19 heavy (non-hydrogen) atoms. The van der Waals surface area contributed by atoms with Crippen molar-refractivity contribution < 1.29 is 8.42 Å². The van der Waals surface area contributed by atoms with E-state index in [2.05, 4.69) is 27.3 Å². The average molecular weight is 395 g/mol. The van der Waals surface area contributed by atoms with Crippen LogP contribution in [0.5, 0.6) is 0 Å². The first-order valence-corrected chi connectivity index (χ1v) is 8.80. The van der Waals surface area contributed by atoms with Gasteiger partial charge in [0.1, 0.15) is 0 Å². The van der Waals surface area contributed by atoms with Crippen molar-refractivity contribution in [1.29, 1.82) is 0 Å². The van der Waals surface area contributed by atoms with Crippen molar-refractivity contribution in [3.05, 3.63) is 27.8 Å². The van der Waals surface area contributed by atoms with Crippen LogP contribution in [-0.2, 0) is 10.2 Å². The van der Waals surface area contributed by atoms with E-state index in [1.54, 1.807) is 6.07 Å². The van der Waals surface area contributed by atoms with E-state index in [-0.39, 0.29) is 6.04 Å². The summed E-state index contributed by atoms with van der Waals surface area (Å²) in [4.78, 5) is 0. The van der Waals surface area contributed by atoms with E-state index in [1.807, 2.05) is 18.2 Å². The van der Waals surface area contributed by atoms with E-state index in [4.69, 9.17) is 5.73 Å². The molecule has 1 unspecified atom stereocenters. The summed E-state index contributed by atoms with van der Waals surface area (Å²) in [6.45, 7) is 0.910. The van der Waals surface area contributed by atoms with Crippen molar-refractivity contribution in [2.75, 3.05) is 17.8 Å². The lowest BCUT2D eigenvalue weighted by Gasteiger charge is -2.33. The Morgan fingerprint density at radius 1 is 1.37 bits per heavy atom. The third-order valence-corrected chi connectivity index (χ3v) is 5.78. The van der Waals surface area contributed by atoms with Crippen molar-refractivity contribution in [3.63, 3.8) is 0 Å². The summed E-state index contributed by atoms with van der Waals surface area (Å²) in [5.74, 6) is 0. The molecule has 0 aliphatic carbocycles. The van der Waals surface area contributed by atoms with E-state index in [0.29, 0.717) is 18.8 Å². The van der Waals surface area contributed by atoms with Crippen LogP contribution >= 0.6 is 22.6 Å². The predicted octanol–water partition coefficient (Wildman–Crippen LogP) is 1.76. The molecule has 2 rings (SSSR count). The Morgan fingerprint density at radius 2 is 2.11 bits per heavy atom. The normalized spacial score (nSPS) is 21.3. The Morgan fingerprint density at radius 3 is 2.79 bits per heavy atom.